The Labute approximate surface area is 96.5 Å². The smallest absolute Gasteiger partial charge is 0.146 e. The fourth-order valence-corrected chi connectivity index (χ4v) is 2.17. The molecule has 3 heteroatoms. The van der Waals surface area contributed by atoms with Crippen molar-refractivity contribution in [1.82, 2.24) is 4.90 Å². The van der Waals surface area contributed by atoms with Crippen LogP contribution in [0.5, 0.6) is 0 Å². The van der Waals surface area contributed by atoms with E-state index in [1.165, 1.54) is 6.07 Å². The molecule has 1 fully saturated rings. The zero-order chi connectivity index (χ0) is 11.5. The van der Waals surface area contributed by atoms with Crippen LogP contribution in [0.4, 0.5) is 10.1 Å². The highest BCUT2D eigenvalue weighted by Crippen LogP contribution is 2.19. The minimum atomic E-state index is -0.162. The fraction of sp³-hybridized carbons (Fsp3) is 0.538. The fourth-order valence-electron chi connectivity index (χ4n) is 2.17. The predicted molar refractivity (Wildman–Crippen MR) is 65.1 cm³/mol. The van der Waals surface area contributed by atoms with E-state index >= 15 is 0 Å². The van der Waals surface area contributed by atoms with Gasteiger partial charge in [0.05, 0.1) is 5.69 Å². The number of hydrogen-bond donors (Lipinski definition) is 1. The molecule has 1 atom stereocenters. The molecule has 1 unspecified atom stereocenters. The molecule has 1 aromatic carbocycles. The van der Waals surface area contributed by atoms with Crippen molar-refractivity contribution in [2.24, 2.45) is 0 Å². The molecule has 1 heterocycles. The number of anilines is 1. The molecule has 0 aliphatic carbocycles. The van der Waals surface area contributed by atoms with E-state index in [0.717, 1.165) is 19.5 Å². The van der Waals surface area contributed by atoms with Gasteiger partial charge in [0.1, 0.15) is 5.82 Å². The van der Waals surface area contributed by atoms with Crippen LogP contribution in [0.1, 0.15) is 20.3 Å². The third kappa shape index (κ3) is 2.53. The van der Waals surface area contributed by atoms with E-state index in [2.05, 4.69) is 24.1 Å². The number of likely N-dealkylation sites (tertiary alicyclic amines) is 1. The van der Waals surface area contributed by atoms with Crippen LogP contribution < -0.4 is 5.32 Å². The van der Waals surface area contributed by atoms with Crippen molar-refractivity contribution in [2.75, 3.05) is 18.4 Å². The highest BCUT2D eigenvalue weighted by molar-refractivity contribution is 5.45. The largest absolute Gasteiger partial charge is 0.379 e. The van der Waals surface area contributed by atoms with Gasteiger partial charge in [0, 0.05) is 25.2 Å². The Morgan fingerprint density at radius 1 is 1.38 bits per heavy atom. The summed E-state index contributed by atoms with van der Waals surface area (Å²) in [5.41, 5.74) is 0.623. The van der Waals surface area contributed by atoms with Gasteiger partial charge in [0.15, 0.2) is 0 Å². The molecule has 0 aromatic heterocycles. The molecule has 1 saturated heterocycles. The van der Waals surface area contributed by atoms with Crippen molar-refractivity contribution in [3.63, 3.8) is 0 Å². The molecule has 2 nitrogen and oxygen atoms in total. The third-order valence-corrected chi connectivity index (χ3v) is 3.18. The first-order valence-electron chi connectivity index (χ1n) is 5.92. The third-order valence-electron chi connectivity index (χ3n) is 3.18. The molecule has 0 amide bonds. The number of hydrogen-bond acceptors (Lipinski definition) is 2. The van der Waals surface area contributed by atoms with Crippen LogP contribution in [0.2, 0.25) is 0 Å². The Morgan fingerprint density at radius 2 is 2.12 bits per heavy atom. The first kappa shape index (κ1) is 11.4. The first-order chi connectivity index (χ1) is 7.66. The van der Waals surface area contributed by atoms with Gasteiger partial charge in [0.25, 0.3) is 0 Å². The Hall–Kier alpha value is -1.09. The number of nitrogens with zero attached hydrogens (tertiary/aromatic N) is 1. The van der Waals surface area contributed by atoms with E-state index in [1.54, 1.807) is 12.1 Å². The molecule has 2 rings (SSSR count). The van der Waals surface area contributed by atoms with Gasteiger partial charge < -0.3 is 5.32 Å². The van der Waals surface area contributed by atoms with Gasteiger partial charge in [-0.15, -0.1) is 0 Å². The lowest BCUT2D eigenvalue weighted by Gasteiger charge is -2.21. The molecule has 0 bridgehead atoms. The van der Waals surface area contributed by atoms with Crippen molar-refractivity contribution in [1.29, 1.82) is 0 Å². The van der Waals surface area contributed by atoms with E-state index in [9.17, 15) is 4.39 Å². The molecule has 1 N–H and O–H groups in total. The molecule has 0 radical (unpaired) electrons. The average Bonchev–Trinajstić information content (AvgIpc) is 2.70. The molecule has 1 aliphatic rings. The molecule has 1 aliphatic heterocycles. The van der Waals surface area contributed by atoms with Crippen molar-refractivity contribution in [3.8, 4) is 0 Å². The lowest BCUT2D eigenvalue weighted by molar-refractivity contribution is 0.274. The van der Waals surface area contributed by atoms with Gasteiger partial charge in [-0.05, 0) is 32.4 Å². The summed E-state index contributed by atoms with van der Waals surface area (Å²) in [5, 5.41) is 3.28. The maximum atomic E-state index is 13.4. The molecule has 16 heavy (non-hydrogen) atoms. The zero-order valence-electron chi connectivity index (χ0n) is 9.91. The lowest BCUT2D eigenvalue weighted by Crippen LogP contribution is -2.31. The Bertz CT molecular complexity index is 352. The van der Waals surface area contributed by atoms with E-state index < -0.39 is 0 Å². The quantitative estimate of drug-likeness (QED) is 0.846. The highest BCUT2D eigenvalue weighted by atomic mass is 19.1. The van der Waals surface area contributed by atoms with Crippen molar-refractivity contribution in [2.45, 2.75) is 32.4 Å². The SMILES string of the molecule is CC(C)N1CCC(Nc2ccccc2F)C1. The summed E-state index contributed by atoms with van der Waals surface area (Å²) in [7, 11) is 0. The van der Waals surface area contributed by atoms with Crippen LogP contribution in [0.25, 0.3) is 0 Å². The number of rotatable bonds is 3. The standard InChI is InChI=1S/C13H19FN2/c1-10(2)16-8-7-11(9-16)15-13-6-4-3-5-12(13)14/h3-6,10-11,15H,7-9H2,1-2H3. The first-order valence-corrected chi connectivity index (χ1v) is 5.92. The molecule has 1 aromatic rings. The van der Waals surface area contributed by atoms with Crippen LogP contribution in [-0.4, -0.2) is 30.1 Å². The van der Waals surface area contributed by atoms with Crippen LogP contribution in [-0.2, 0) is 0 Å². The Kier molecular flexibility index (Phi) is 3.44. The van der Waals surface area contributed by atoms with Gasteiger partial charge in [0.2, 0.25) is 0 Å². The highest BCUT2D eigenvalue weighted by Gasteiger charge is 2.24. The summed E-state index contributed by atoms with van der Waals surface area (Å²) in [4.78, 5) is 2.42. The summed E-state index contributed by atoms with van der Waals surface area (Å²) in [6, 6.07) is 7.83. The second kappa shape index (κ2) is 4.83. The summed E-state index contributed by atoms with van der Waals surface area (Å²) >= 11 is 0. The van der Waals surface area contributed by atoms with Gasteiger partial charge >= 0.3 is 0 Å². The predicted octanol–water partition coefficient (Wildman–Crippen LogP) is 2.72. The molecule has 0 spiro atoms. The zero-order valence-corrected chi connectivity index (χ0v) is 9.91. The Morgan fingerprint density at radius 3 is 2.75 bits per heavy atom. The summed E-state index contributed by atoms with van der Waals surface area (Å²) < 4.78 is 13.4. The maximum absolute atomic E-state index is 13.4. The molecular weight excluding hydrogens is 203 g/mol. The van der Waals surface area contributed by atoms with Crippen LogP contribution >= 0.6 is 0 Å². The van der Waals surface area contributed by atoms with Crippen molar-refractivity contribution in [3.05, 3.63) is 30.1 Å². The summed E-state index contributed by atoms with van der Waals surface area (Å²) in [6.45, 7) is 6.51. The molecule has 88 valence electrons. The monoisotopic (exact) mass is 222 g/mol. The second-order valence-corrected chi connectivity index (χ2v) is 4.70. The van der Waals surface area contributed by atoms with E-state index in [0.29, 0.717) is 17.8 Å². The van der Waals surface area contributed by atoms with E-state index in [4.69, 9.17) is 0 Å². The minimum Gasteiger partial charge on any atom is -0.379 e. The van der Waals surface area contributed by atoms with Gasteiger partial charge in [-0.2, -0.15) is 0 Å². The number of para-hydroxylation sites is 1. The maximum Gasteiger partial charge on any atom is 0.146 e. The summed E-state index contributed by atoms with van der Waals surface area (Å²) in [5.74, 6) is -0.162. The minimum absolute atomic E-state index is 0.162. The Balaban J connectivity index is 1.95. The molecule has 0 saturated carbocycles. The number of halogens is 1. The van der Waals surface area contributed by atoms with Crippen LogP contribution in [0, 0.1) is 5.82 Å². The van der Waals surface area contributed by atoms with E-state index in [-0.39, 0.29) is 5.82 Å². The van der Waals surface area contributed by atoms with Crippen molar-refractivity contribution >= 4 is 5.69 Å². The van der Waals surface area contributed by atoms with Gasteiger partial charge in [-0.1, -0.05) is 12.1 Å². The number of benzene rings is 1. The lowest BCUT2D eigenvalue weighted by atomic mass is 10.2. The van der Waals surface area contributed by atoms with Gasteiger partial charge in [-0.3, -0.25) is 4.90 Å². The van der Waals surface area contributed by atoms with Crippen LogP contribution in [0.15, 0.2) is 24.3 Å². The number of nitrogens with one attached hydrogen (secondary N) is 1. The molecular formula is C13H19FN2. The second-order valence-electron chi connectivity index (χ2n) is 4.70. The van der Waals surface area contributed by atoms with Gasteiger partial charge in [-0.25, -0.2) is 4.39 Å². The van der Waals surface area contributed by atoms with Crippen molar-refractivity contribution < 1.29 is 4.39 Å². The average molecular weight is 222 g/mol. The topological polar surface area (TPSA) is 15.3 Å². The normalized spacial score (nSPS) is 21.6. The summed E-state index contributed by atoms with van der Waals surface area (Å²) in [6.07, 6.45) is 1.09. The van der Waals surface area contributed by atoms with Crippen LogP contribution in [0.3, 0.4) is 0 Å². The van der Waals surface area contributed by atoms with E-state index in [1.807, 2.05) is 6.07 Å².